The lowest BCUT2D eigenvalue weighted by Gasteiger charge is -2.27. The van der Waals surface area contributed by atoms with Crippen molar-refractivity contribution >= 4 is 71.4 Å². The van der Waals surface area contributed by atoms with Crippen LogP contribution in [0.2, 0.25) is 0 Å². The first-order chi connectivity index (χ1) is 27.3. The van der Waals surface area contributed by atoms with E-state index in [1.165, 1.54) is 54.4 Å². The van der Waals surface area contributed by atoms with Crippen LogP contribution in [0.25, 0.3) is 76.9 Å². The maximum atomic E-state index is 4.60. The maximum Gasteiger partial charge on any atom is 0.0644 e. The summed E-state index contributed by atoms with van der Waals surface area (Å²) in [7, 11) is 0. The molecule has 3 aromatic heterocycles. The summed E-state index contributed by atoms with van der Waals surface area (Å²) >= 11 is 0. The molecular formula is C51H34N4. The first-order valence-electron chi connectivity index (χ1n) is 18.7. The van der Waals surface area contributed by atoms with Crippen LogP contribution in [0.1, 0.15) is 0 Å². The van der Waals surface area contributed by atoms with E-state index in [9.17, 15) is 0 Å². The Balaban J connectivity index is 1.21. The van der Waals surface area contributed by atoms with Crippen molar-refractivity contribution < 1.29 is 0 Å². The predicted molar refractivity (Wildman–Crippen MR) is 231 cm³/mol. The maximum absolute atomic E-state index is 4.60. The van der Waals surface area contributed by atoms with Crippen molar-refractivity contribution in [3.63, 3.8) is 0 Å². The second-order valence-corrected chi connectivity index (χ2v) is 14.1. The van der Waals surface area contributed by atoms with Crippen molar-refractivity contribution in [3.8, 4) is 22.5 Å². The van der Waals surface area contributed by atoms with Crippen molar-refractivity contribution in [3.05, 3.63) is 207 Å². The zero-order valence-corrected chi connectivity index (χ0v) is 29.9. The van der Waals surface area contributed by atoms with Gasteiger partial charge < -0.3 is 14.0 Å². The lowest BCUT2D eigenvalue weighted by molar-refractivity contribution is 1.16. The molecule has 11 aromatic rings. The van der Waals surface area contributed by atoms with Gasteiger partial charge in [0.05, 0.1) is 34.0 Å². The third-order valence-corrected chi connectivity index (χ3v) is 10.9. The zero-order valence-electron chi connectivity index (χ0n) is 29.9. The first kappa shape index (κ1) is 31.1. The van der Waals surface area contributed by atoms with Gasteiger partial charge in [0.25, 0.3) is 0 Å². The molecule has 8 aromatic carbocycles. The quantitative estimate of drug-likeness (QED) is 0.172. The minimum atomic E-state index is 0.989. The Labute approximate surface area is 318 Å². The normalized spacial score (nSPS) is 11.6. The average molecular weight is 703 g/mol. The molecule has 0 atom stereocenters. The minimum Gasteiger partial charge on any atom is -0.309 e. The molecule has 4 nitrogen and oxygen atoms in total. The summed E-state index contributed by atoms with van der Waals surface area (Å²) in [6.45, 7) is 0. The van der Waals surface area contributed by atoms with Gasteiger partial charge in [-0.3, -0.25) is 4.98 Å². The van der Waals surface area contributed by atoms with Gasteiger partial charge in [-0.15, -0.1) is 0 Å². The number of fused-ring (bicyclic) bond motifs is 7. The van der Waals surface area contributed by atoms with Gasteiger partial charge in [0, 0.05) is 50.5 Å². The monoisotopic (exact) mass is 702 g/mol. The summed E-state index contributed by atoms with van der Waals surface area (Å²) in [5, 5.41) is 7.34. The number of hydrogen-bond acceptors (Lipinski definition) is 2. The summed E-state index contributed by atoms with van der Waals surface area (Å²) in [5.74, 6) is 0. The number of benzene rings is 8. The fourth-order valence-corrected chi connectivity index (χ4v) is 8.48. The second kappa shape index (κ2) is 12.6. The lowest BCUT2D eigenvalue weighted by atomic mass is 10.0. The Morgan fingerprint density at radius 1 is 0.345 bits per heavy atom. The van der Waals surface area contributed by atoms with E-state index < -0.39 is 0 Å². The molecule has 0 spiro atoms. The summed E-state index contributed by atoms with van der Waals surface area (Å²) in [6, 6.07) is 70.2. The highest BCUT2D eigenvalue weighted by atomic mass is 15.1. The topological polar surface area (TPSA) is 26.0 Å². The third kappa shape index (κ3) is 5.11. The van der Waals surface area contributed by atoms with E-state index in [4.69, 9.17) is 0 Å². The van der Waals surface area contributed by atoms with Gasteiger partial charge in [-0.05, 0) is 101 Å². The Bertz CT molecular complexity index is 3160. The van der Waals surface area contributed by atoms with E-state index in [2.05, 4.69) is 207 Å². The van der Waals surface area contributed by atoms with Gasteiger partial charge in [-0.1, -0.05) is 115 Å². The molecule has 0 bridgehead atoms. The second-order valence-electron chi connectivity index (χ2n) is 14.1. The van der Waals surface area contributed by atoms with Crippen LogP contribution >= 0.6 is 0 Å². The smallest absolute Gasteiger partial charge is 0.0644 e. The van der Waals surface area contributed by atoms with Crippen LogP contribution in [-0.2, 0) is 0 Å². The summed E-state index contributed by atoms with van der Waals surface area (Å²) in [6.07, 6.45) is 3.79. The molecule has 0 aliphatic rings. The van der Waals surface area contributed by atoms with Crippen LogP contribution in [0, 0.1) is 0 Å². The van der Waals surface area contributed by atoms with Gasteiger partial charge in [-0.25, -0.2) is 0 Å². The van der Waals surface area contributed by atoms with Crippen molar-refractivity contribution in [2.45, 2.75) is 0 Å². The number of anilines is 3. The number of para-hydroxylation sites is 4. The summed E-state index contributed by atoms with van der Waals surface area (Å²) in [4.78, 5) is 6.93. The van der Waals surface area contributed by atoms with Crippen LogP contribution in [0.15, 0.2) is 207 Å². The third-order valence-electron chi connectivity index (χ3n) is 10.9. The van der Waals surface area contributed by atoms with Gasteiger partial charge in [0.15, 0.2) is 0 Å². The fraction of sp³-hybridized carbons (Fsp3) is 0. The Morgan fingerprint density at radius 3 is 1.65 bits per heavy atom. The van der Waals surface area contributed by atoms with Gasteiger partial charge in [-0.2, -0.15) is 0 Å². The molecule has 55 heavy (non-hydrogen) atoms. The van der Waals surface area contributed by atoms with E-state index >= 15 is 0 Å². The molecule has 0 amide bonds. The largest absolute Gasteiger partial charge is 0.309 e. The van der Waals surface area contributed by atoms with Gasteiger partial charge in [0.1, 0.15) is 0 Å². The van der Waals surface area contributed by atoms with E-state index in [0.29, 0.717) is 0 Å². The standard InChI is InChI=1S/C51H34N4/c1-2-15-39(16-3-1)54-48-21-9-8-20-46(48)47-27-25-37(32-51(47)54)38-30-42(33-43(31-38)55-49-22-10-6-18-44(49)45-19-7-11-23-50(45)55)53(41-17-12-28-52-34-41)40-26-24-35-13-4-5-14-36(35)29-40/h1-34H. The molecule has 0 N–H and O–H groups in total. The highest BCUT2D eigenvalue weighted by molar-refractivity contribution is 6.11. The summed E-state index contributed by atoms with van der Waals surface area (Å²) in [5.41, 5.74) is 12.3. The van der Waals surface area contributed by atoms with E-state index in [-0.39, 0.29) is 0 Å². The SMILES string of the molecule is c1ccc(-n2c3ccccc3c3ccc(-c4cc(N(c5cccnc5)c5ccc6ccccc6c5)cc(-n5c6ccccc6c6ccccc65)c4)cc32)cc1. The summed E-state index contributed by atoms with van der Waals surface area (Å²) < 4.78 is 4.81. The van der Waals surface area contributed by atoms with Gasteiger partial charge in [0.2, 0.25) is 0 Å². The molecule has 0 saturated heterocycles. The Morgan fingerprint density at radius 2 is 0.964 bits per heavy atom. The Kier molecular flexibility index (Phi) is 7.14. The number of rotatable bonds is 6. The predicted octanol–water partition coefficient (Wildman–Crippen LogP) is 13.6. The van der Waals surface area contributed by atoms with E-state index in [0.717, 1.165) is 39.6 Å². The number of nitrogens with zero attached hydrogens (tertiary/aromatic N) is 4. The van der Waals surface area contributed by atoms with Crippen LogP contribution in [-0.4, -0.2) is 14.1 Å². The highest BCUT2D eigenvalue weighted by Crippen LogP contribution is 2.42. The molecule has 0 fully saturated rings. The molecular weight excluding hydrogens is 669 g/mol. The van der Waals surface area contributed by atoms with Crippen molar-refractivity contribution in [2.75, 3.05) is 4.90 Å². The first-order valence-corrected chi connectivity index (χ1v) is 18.7. The average Bonchev–Trinajstić information content (AvgIpc) is 3.77. The Hall–Kier alpha value is -7.43. The highest BCUT2D eigenvalue weighted by Gasteiger charge is 2.20. The van der Waals surface area contributed by atoms with Crippen LogP contribution in [0.3, 0.4) is 0 Å². The molecule has 0 aliphatic heterocycles. The van der Waals surface area contributed by atoms with Crippen LogP contribution in [0.5, 0.6) is 0 Å². The number of aromatic nitrogens is 3. The van der Waals surface area contributed by atoms with Crippen LogP contribution in [0.4, 0.5) is 17.1 Å². The van der Waals surface area contributed by atoms with Crippen molar-refractivity contribution in [1.82, 2.24) is 14.1 Å². The van der Waals surface area contributed by atoms with E-state index in [1.54, 1.807) is 0 Å². The van der Waals surface area contributed by atoms with Crippen molar-refractivity contribution in [1.29, 1.82) is 0 Å². The molecule has 0 aliphatic carbocycles. The number of hydrogen-bond donors (Lipinski definition) is 0. The molecule has 258 valence electrons. The van der Waals surface area contributed by atoms with Crippen molar-refractivity contribution in [2.24, 2.45) is 0 Å². The number of pyridine rings is 1. The molecule has 11 rings (SSSR count). The molecule has 3 heterocycles. The molecule has 0 saturated carbocycles. The lowest BCUT2D eigenvalue weighted by Crippen LogP contribution is -2.11. The molecule has 0 unspecified atom stereocenters. The molecule has 0 radical (unpaired) electrons. The van der Waals surface area contributed by atoms with Crippen LogP contribution < -0.4 is 4.90 Å². The zero-order chi connectivity index (χ0) is 36.3. The minimum absolute atomic E-state index is 0.989. The van der Waals surface area contributed by atoms with E-state index in [1.807, 2.05) is 18.5 Å². The molecule has 4 heteroatoms. The van der Waals surface area contributed by atoms with Gasteiger partial charge >= 0.3 is 0 Å². The fourth-order valence-electron chi connectivity index (χ4n) is 8.48.